The number of hydrogen-bond donors (Lipinski definition) is 0. The topological polar surface area (TPSA) is 0 Å². The molecule has 10 aromatic carbocycles. The van der Waals surface area contributed by atoms with Crippen LogP contribution in [0.15, 0.2) is 182 Å². The van der Waals surface area contributed by atoms with Gasteiger partial charge in [0.1, 0.15) is 0 Å². The zero-order valence-electron chi connectivity index (χ0n) is 26.3. The summed E-state index contributed by atoms with van der Waals surface area (Å²) in [4.78, 5) is 0. The molecule has 0 nitrogen and oxygen atoms in total. The second kappa shape index (κ2) is 10.7. The molecule has 0 radical (unpaired) electrons. The average Bonchev–Trinajstić information content (AvgIpc) is 3.17. The van der Waals surface area contributed by atoms with Crippen molar-refractivity contribution in [2.45, 2.75) is 0 Å². The summed E-state index contributed by atoms with van der Waals surface area (Å²) in [6, 6.07) is 67.1. The van der Waals surface area contributed by atoms with Gasteiger partial charge in [0.25, 0.3) is 0 Å². The van der Waals surface area contributed by atoms with Crippen LogP contribution in [-0.4, -0.2) is 0 Å². The minimum absolute atomic E-state index is 1.23. The van der Waals surface area contributed by atoms with Crippen molar-refractivity contribution in [1.29, 1.82) is 0 Å². The number of benzene rings is 10. The van der Waals surface area contributed by atoms with Gasteiger partial charge in [-0.2, -0.15) is 0 Å². The minimum atomic E-state index is 1.23. The van der Waals surface area contributed by atoms with Crippen LogP contribution in [0.4, 0.5) is 0 Å². The summed E-state index contributed by atoms with van der Waals surface area (Å²) in [7, 11) is 0. The third-order valence-electron chi connectivity index (χ3n) is 10.2. The molecule has 0 heteroatoms. The Morgan fingerprint density at radius 3 is 1.33 bits per heavy atom. The number of hydrogen-bond acceptors (Lipinski definition) is 0. The summed E-state index contributed by atoms with van der Waals surface area (Å²) in [5, 5.41) is 15.4. The van der Waals surface area contributed by atoms with E-state index < -0.39 is 0 Å². The van der Waals surface area contributed by atoms with E-state index in [1.807, 2.05) is 0 Å². The summed E-state index contributed by atoms with van der Waals surface area (Å²) < 4.78 is 0. The van der Waals surface area contributed by atoms with Gasteiger partial charge in [0.15, 0.2) is 0 Å². The van der Waals surface area contributed by atoms with E-state index in [2.05, 4.69) is 182 Å². The highest BCUT2D eigenvalue weighted by molar-refractivity contribution is 6.33. The van der Waals surface area contributed by atoms with Crippen LogP contribution in [0, 0.1) is 0 Å². The molecule has 0 aromatic heterocycles. The maximum absolute atomic E-state index is 2.44. The van der Waals surface area contributed by atoms with Gasteiger partial charge in [-0.05, 0) is 116 Å². The lowest BCUT2D eigenvalue weighted by molar-refractivity contribution is 1.63. The van der Waals surface area contributed by atoms with E-state index >= 15 is 0 Å². The van der Waals surface area contributed by atoms with Gasteiger partial charge in [-0.1, -0.05) is 164 Å². The molecule has 0 unspecified atom stereocenters. The normalized spacial score (nSPS) is 11.8. The van der Waals surface area contributed by atoms with Crippen LogP contribution in [0.1, 0.15) is 0 Å². The van der Waals surface area contributed by atoms with Crippen LogP contribution in [0.25, 0.3) is 98.0 Å². The summed E-state index contributed by atoms with van der Waals surface area (Å²) in [6.45, 7) is 0. The lowest BCUT2D eigenvalue weighted by atomic mass is 9.86. The third kappa shape index (κ3) is 4.10. The standard InChI is InChI=1S/C48H30/c1-3-18-36-31(12-1)14-10-24-38(36)33-16-9-17-34(28-33)45-30-47-41-21-6-5-20-40(41)46-29-35(39-25-11-15-32-13-2-4-19-37(32)39)26-27-44(46)48(47)43-23-8-7-22-42(43)45/h1-30H. The summed E-state index contributed by atoms with van der Waals surface area (Å²) in [6.07, 6.45) is 0. The molecule has 0 fully saturated rings. The van der Waals surface area contributed by atoms with Gasteiger partial charge in [0, 0.05) is 0 Å². The smallest absolute Gasteiger partial charge is 0.00199 e. The Hall–Kier alpha value is -6.24. The van der Waals surface area contributed by atoms with Gasteiger partial charge in [0.05, 0.1) is 0 Å². The first-order chi connectivity index (χ1) is 23.8. The molecule has 0 saturated carbocycles. The van der Waals surface area contributed by atoms with Crippen molar-refractivity contribution in [2.24, 2.45) is 0 Å². The van der Waals surface area contributed by atoms with Crippen LogP contribution < -0.4 is 0 Å². The predicted molar refractivity (Wildman–Crippen MR) is 208 cm³/mol. The van der Waals surface area contributed by atoms with E-state index in [-0.39, 0.29) is 0 Å². The first-order valence-corrected chi connectivity index (χ1v) is 16.7. The van der Waals surface area contributed by atoms with E-state index in [0.29, 0.717) is 0 Å². The molecule has 48 heavy (non-hydrogen) atoms. The fourth-order valence-corrected chi connectivity index (χ4v) is 8.03. The molecule has 0 amide bonds. The Bertz CT molecular complexity index is 2880. The second-order valence-corrected chi connectivity index (χ2v) is 12.8. The molecule has 0 aliphatic carbocycles. The van der Waals surface area contributed by atoms with E-state index in [0.717, 1.165) is 0 Å². The molecule has 0 spiro atoms. The van der Waals surface area contributed by atoms with Crippen molar-refractivity contribution in [1.82, 2.24) is 0 Å². The molecule has 10 rings (SSSR count). The van der Waals surface area contributed by atoms with Crippen LogP contribution in [0.2, 0.25) is 0 Å². The van der Waals surface area contributed by atoms with Gasteiger partial charge in [-0.15, -0.1) is 0 Å². The zero-order chi connectivity index (χ0) is 31.6. The molecule has 0 saturated heterocycles. The van der Waals surface area contributed by atoms with Crippen molar-refractivity contribution < 1.29 is 0 Å². The molecular weight excluding hydrogens is 577 g/mol. The second-order valence-electron chi connectivity index (χ2n) is 12.8. The van der Waals surface area contributed by atoms with Gasteiger partial charge in [-0.3, -0.25) is 0 Å². The van der Waals surface area contributed by atoms with Crippen molar-refractivity contribution in [3.8, 4) is 33.4 Å². The molecule has 0 bridgehead atoms. The maximum Gasteiger partial charge on any atom is -0.00199 e. The predicted octanol–water partition coefficient (Wildman–Crippen LogP) is 13.6. The molecule has 222 valence electrons. The highest BCUT2D eigenvalue weighted by Crippen LogP contribution is 2.44. The Kier molecular flexibility index (Phi) is 5.98. The summed E-state index contributed by atoms with van der Waals surface area (Å²) in [5.41, 5.74) is 7.50. The van der Waals surface area contributed by atoms with Crippen molar-refractivity contribution in [3.05, 3.63) is 182 Å². The lowest BCUT2D eigenvalue weighted by Gasteiger charge is -2.17. The number of rotatable bonds is 3. The first-order valence-electron chi connectivity index (χ1n) is 16.7. The first kappa shape index (κ1) is 26.9. The fourth-order valence-electron chi connectivity index (χ4n) is 8.03. The molecule has 0 atom stereocenters. The summed E-state index contributed by atoms with van der Waals surface area (Å²) >= 11 is 0. The van der Waals surface area contributed by atoms with Crippen LogP contribution in [-0.2, 0) is 0 Å². The van der Waals surface area contributed by atoms with E-state index in [9.17, 15) is 0 Å². The van der Waals surface area contributed by atoms with Crippen LogP contribution in [0.5, 0.6) is 0 Å². The van der Waals surface area contributed by atoms with Crippen LogP contribution in [0.3, 0.4) is 0 Å². The number of fused-ring (bicyclic) bond motifs is 10. The maximum atomic E-state index is 2.44. The largest absolute Gasteiger partial charge is 0.0616 e. The average molecular weight is 607 g/mol. The Labute approximate surface area is 279 Å². The van der Waals surface area contributed by atoms with E-state index in [4.69, 9.17) is 0 Å². The summed E-state index contributed by atoms with van der Waals surface area (Å²) in [5.74, 6) is 0. The van der Waals surface area contributed by atoms with E-state index in [1.165, 1.54) is 98.0 Å². The molecule has 0 aliphatic heterocycles. The van der Waals surface area contributed by atoms with Gasteiger partial charge >= 0.3 is 0 Å². The van der Waals surface area contributed by atoms with Crippen molar-refractivity contribution >= 4 is 64.6 Å². The van der Waals surface area contributed by atoms with Gasteiger partial charge < -0.3 is 0 Å². The fraction of sp³-hybridized carbons (Fsp3) is 0. The highest BCUT2D eigenvalue weighted by Gasteiger charge is 2.17. The van der Waals surface area contributed by atoms with Crippen molar-refractivity contribution in [3.63, 3.8) is 0 Å². The zero-order valence-corrected chi connectivity index (χ0v) is 26.3. The Morgan fingerprint density at radius 1 is 0.208 bits per heavy atom. The van der Waals surface area contributed by atoms with Crippen molar-refractivity contribution in [2.75, 3.05) is 0 Å². The third-order valence-corrected chi connectivity index (χ3v) is 10.2. The lowest BCUT2D eigenvalue weighted by Crippen LogP contribution is -1.90. The molecule has 0 heterocycles. The highest BCUT2D eigenvalue weighted by atomic mass is 14.2. The minimum Gasteiger partial charge on any atom is -0.0616 e. The van der Waals surface area contributed by atoms with Gasteiger partial charge in [-0.25, -0.2) is 0 Å². The van der Waals surface area contributed by atoms with Crippen LogP contribution >= 0.6 is 0 Å². The Balaban J connectivity index is 1.25. The Morgan fingerprint density at radius 2 is 0.667 bits per heavy atom. The quantitative estimate of drug-likeness (QED) is 0.176. The molecule has 10 aromatic rings. The molecule has 0 aliphatic rings. The van der Waals surface area contributed by atoms with E-state index in [1.54, 1.807) is 0 Å². The monoisotopic (exact) mass is 606 g/mol. The SMILES string of the molecule is c1cc(-c2cccc3ccccc23)cc(-c2cc3c4ccccc4c4cc(-c5cccc6ccccc56)ccc4c3c3ccccc23)c1. The molecule has 0 N–H and O–H groups in total. The molecular formula is C48H30. The van der Waals surface area contributed by atoms with Gasteiger partial charge in [0.2, 0.25) is 0 Å².